The van der Waals surface area contributed by atoms with E-state index in [-0.39, 0.29) is 5.79 Å². The molecule has 0 heterocycles. The van der Waals surface area contributed by atoms with Gasteiger partial charge in [-0.25, -0.2) is 0 Å². The first kappa shape index (κ1) is 33.7. The van der Waals surface area contributed by atoms with Crippen LogP contribution in [0.15, 0.2) is 0 Å². The molecule has 33 heavy (non-hydrogen) atoms. The SMILES string of the molecule is CCCCCCC[CH2][Sn]([CH3])([CH3])[CH](CCCCCCC)C(CCC)(OCCCC)OCCCC. The van der Waals surface area contributed by atoms with Crippen LogP contribution in [0.2, 0.25) is 18.2 Å². The molecule has 0 spiro atoms. The molecule has 0 rings (SSSR count). The Morgan fingerprint density at radius 1 is 0.545 bits per heavy atom. The standard InChI is InChI=1S/C20H41O2.C8H17.2CH3.Sn/c1-5-9-12-13-14-15-17-20(16-8-4,21-18-10-6-2)22-19-11-7-3;1-3-5-7-8-6-4-2;;;/h17H,5-16,18-19H2,1-4H3;1,3-8H2,2H3;2*1H3;. The van der Waals surface area contributed by atoms with Crippen LogP contribution >= 0.6 is 0 Å². The summed E-state index contributed by atoms with van der Waals surface area (Å²) in [6.07, 6.45) is 23.6. The van der Waals surface area contributed by atoms with Gasteiger partial charge in [0.1, 0.15) is 0 Å². The summed E-state index contributed by atoms with van der Waals surface area (Å²) in [4.78, 5) is 5.46. The van der Waals surface area contributed by atoms with E-state index in [0.717, 1.165) is 38.9 Å². The zero-order valence-corrected chi connectivity index (χ0v) is 27.1. The molecule has 0 aliphatic heterocycles. The van der Waals surface area contributed by atoms with E-state index >= 15 is 0 Å². The van der Waals surface area contributed by atoms with Gasteiger partial charge < -0.3 is 0 Å². The minimum absolute atomic E-state index is 0.314. The second-order valence-corrected chi connectivity index (χ2v) is 26.0. The fourth-order valence-electron chi connectivity index (χ4n) is 5.38. The fraction of sp³-hybridized carbons (Fsp3) is 1.00. The molecule has 0 aromatic rings. The molecule has 200 valence electrons. The Kier molecular flexibility index (Phi) is 22.4. The number of rotatable bonds is 25. The molecule has 0 aliphatic rings. The van der Waals surface area contributed by atoms with Crippen molar-refractivity contribution in [2.45, 2.75) is 174 Å². The van der Waals surface area contributed by atoms with Gasteiger partial charge in [-0.2, -0.15) is 0 Å². The molecular weight excluding hydrogens is 511 g/mol. The Morgan fingerprint density at radius 3 is 1.48 bits per heavy atom. The molecule has 0 radical (unpaired) electrons. The summed E-state index contributed by atoms with van der Waals surface area (Å²) in [5, 5.41) is 0. The van der Waals surface area contributed by atoms with Gasteiger partial charge >= 0.3 is 215 Å². The van der Waals surface area contributed by atoms with E-state index in [1.165, 1.54) is 94.3 Å². The second kappa shape index (κ2) is 22.0. The summed E-state index contributed by atoms with van der Waals surface area (Å²) in [7, 11) is 0. The molecule has 0 N–H and O–H groups in total. The fourth-order valence-corrected chi connectivity index (χ4v) is 16.8. The van der Waals surface area contributed by atoms with E-state index in [1.54, 1.807) is 0 Å². The molecule has 0 bridgehead atoms. The molecule has 0 amide bonds. The van der Waals surface area contributed by atoms with E-state index in [0.29, 0.717) is 3.93 Å². The Hall–Kier alpha value is 0.719. The summed E-state index contributed by atoms with van der Waals surface area (Å²) in [5.41, 5.74) is 0. The van der Waals surface area contributed by atoms with Gasteiger partial charge in [0.15, 0.2) is 0 Å². The Labute approximate surface area is 214 Å². The van der Waals surface area contributed by atoms with Crippen molar-refractivity contribution in [2.24, 2.45) is 0 Å². The van der Waals surface area contributed by atoms with Crippen molar-refractivity contribution in [1.82, 2.24) is 0 Å². The van der Waals surface area contributed by atoms with E-state index in [2.05, 4.69) is 44.5 Å². The molecule has 1 unspecified atom stereocenters. The van der Waals surface area contributed by atoms with Crippen LogP contribution in [0.4, 0.5) is 0 Å². The molecule has 0 fully saturated rings. The number of hydrogen-bond donors (Lipinski definition) is 0. The van der Waals surface area contributed by atoms with Crippen LogP contribution in [-0.4, -0.2) is 37.4 Å². The van der Waals surface area contributed by atoms with Crippen molar-refractivity contribution in [2.75, 3.05) is 13.2 Å². The van der Waals surface area contributed by atoms with Crippen LogP contribution < -0.4 is 0 Å². The van der Waals surface area contributed by atoms with Crippen LogP contribution in [0.1, 0.15) is 150 Å². The van der Waals surface area contributed by atoms with Crippen LogP contribution in [0.25, 0.3) is 0 Å². The van der Waals surface area contributed by atoms with Crippen molar-refractivity contribution in [1.29, 1.82) is 0 Å². The average Bonchev–Trinajstić information content (AvgIpc) is 2.78. The molecule has 1 atom stereocenters. The Bertz CT molecular complexity index is 400. The Morgan fingerprint density at radius 2 is 1.00 bits per heavy atom. The maximum atomic E-state index is 6.87. The predicted molar refractivity (Wildman–Crippen MR) is 152 cm³/mol. The summed E-state index contributed by atoms with van der Waals surface area (Å²) in [6, 6.07) is 0. The van der Waals surface area contributed by atoms with Gasteiger partial charge in [-0.1, -0.05) is 0 Å². The molecule has 2 nitrogen and oxygen atoms in total. The first-order valence-electron chi connectivity index (χ1n) is 15.2. The first-order valence-corrected chi connectivity index (χ1v) is 24.6. The molecule has 0 saturated heterocycles. The van der Waals surface area contributed by atoms with Crippen LogP contribution in [0, 0.1) is 0 Å². The van der Waals surface area contributed by atoms with Crippen LogP contribution in [-0.2, 0) is 9.47 Å². The summed E-state index contributed by atoms with van der Waals surface area (Å²) < 4.78 is 15.9. The Balaban J connectivity index is 5.55. The van der Waals surface area contributed by atoms with E-state index < -0.39 is 18.4 Å². The second-order valence-electron chi connectivity index (χ2n) is 11.2. The van der Waals surface area contributed by atoms with Gasteiger partial charge in [0.05, 0.1) is 0 Å². The number of hydrogen-bond acceptors (Lipinski definition) is 2. The molecular formula is C30H64O2Sn. The minimum atomic E-state index is -2.41. The van der Waals surface area contributed by atoms with E-state index in [1.807, 2.05) is 0 Å². The van der Waals surface area contributed by atoms with Gasteiger partial charge in [-0.3, -0.25) is 0 Å². The van der Waals surface area contributed by atoms with Gasteiger partial charge in [0, 0.05) is 0 Å². The first-order chi connectivity index (χ1) is 15.9. The molecule has 0 saturated carbocycles. The number of unbranched alkanes of at least 4 members (excludes halogenated alkanes) is 11. The summed E-state index contributed by atoms with van der Waals surface area (Å²) >= 11 is -2.41. The van der Waals surface area contributed by atoms with Crippen molar-refractivity contribution in [3.63, 3.8) is 0 Å². The van der Waals surface area contributed by atoms with Crippen molar-refractivity contribution in [3.05, 3.63) is 0 Å². The van der Waals surface area contributed by atoms with Gasteiger partial charge in [-0.15, -0.1) is 0 Å². The van der Waals surface area contributed by atoms with Crippen LogP contribution in [0.5, 0.6) is 0 Å². The number of ether oxygens (including phenoxy) is 2. The van der Waals surface area contributed by atoms with E-state index in [9.17, 15) is 0 Å². The topological polar surface area (TPSA) is 18.5 Å². The monoisotopic (exact) mass is 576 g/mol. The normalized spacial score (nSPS) is 13.5. The maximum absolute atomic E-state index is 6.87. The third-order valence-electron chi connectivity index (χ3n) is 7.53. The average molecular weight is 576 g/mol. The van der Waals surface area contributed by atoms with Crippen molar-refractivity contribution < 1.29 is 9.47 Å². The predicted octanol–water partition coefficient (Wildman–Crippen LogP) is 10.9. The van der Waals surface area contributed by atoms with Crippen molar-refractivity contribution in [3.8, 4) is 0 Å². The summed E-state index contributed by atoms with van der Waals surface area (Å²) in [6.45, 7) is 13.2. The molecule has 0 aliphatic carbocycles. The quantitative estimate of drug-likeness (QED) is 0.0613. The zero-order valence-electron chi connectivity index (χ0n) is 24.2. The van der Waals surface area contributed by atoms with E-state index in [4.69, 9.17) is 9.47 Å². The van der Waals surface area contributed by atoms with Gasteiger partial charge in [-0.05, 0) is 0 Å². The third kappa shape index (κ3) is 15.4. The van der Waals surface area contributed by atoms with Gasteiger partial charge in [0.25, 0.3) is 0 Å². The van der Waals surface area contributed by atoms with Crippen LogP contribution in [0.3, 0.4) is 0 Å². The van der Waals surface area contributed by atoms with Crippen molar-refractivity contribution >= 4 is 18.4 Å². The molecule has 3 heteroatoms. The summed E-state index contributed by atoms with van der Waals surface area (Å²) in [5.74, 6) is -0.314. The third-order valence-corrected chi connectivity index (χ3v) is 19.7. The molecule has 0 aromatic carbocycles. The van der Waals surface area contributed by atoms with Gasteiger partial charge in [0.2, 0.25) is 0 Å². The molecule has 0 aromatic heterocycles. The zero-order chi connectivity index (χ0) is 24.8.